The molecule has 2 atom stereocenters. The lowest BCUT2D eigenvalue weighted by Crippen LogP contribution is -2.33. The zero-order valence-corrected chi connectivity index (χ0v) is 21.5. The van der Waals surface area contributed by atoms with Crippen LogP contribution in [0.1, 0.15) is 22.6 Å². The molecule has 10 heteroatoms. The standard InChI is InChI=1S/C26H30O10/c1-29-16-11-19(32-4)18(31-3)10-14(16)21-22-13(17(30-2)12-20(33-5)24(22)34-6)9-15(25(27)35-7)23(21)26(28)36-8/h9-12,21,23H,1-8H3/t21-,23?/m0/s1. The fourth-order valence-corrected chi connectivity index (χ4v) is 4.56. The topological polar surface area (TPSA) is 108 Å². The van der Waals surface area contributed by atoms with Gasteiger partial charge in [-0.05, 0) is 12.1 Å². The predicted octanol–water partition coefficient (Wildman–Crippen LogP) is 3.23. The summed E-state index contributed by atoms with van der Waals surface area (Å²) >= 11 is 0. The molecule has 0 aliphatic heterocycles. The molecular weight excluding hydrogens is 472 g/mol. The van der Waals surface area contributed by atoms with Crippen molar-refractivity contribution in [3.05, 3.63) is 40.5 Å². The number of ether oxygens (including phenoxy) is 8. The normalized spacial score (nSPS) is 16.2. The number of carbonyl (C=O) groups is 2. The smallest absolute Gasteiger partial charge is 0.334 e. The number of carbonyl (C=O) groups excluding carboxylic acids is 2. The third-order valence-corrected chi connectivity index (χ3v) is 6.16. The monoisotopic (exact) mass is 502 g/mol. The molecule has 2 aromatic carbocycles. The number of methoxy groups -OCH3 is 8. The second-order valence-corrected chi connectivity index (χ2v) is 7.66. The van der Waals surface area contributed by atoms with E-state index in [2.05, 4.69) is 0 Å². The average Bonchev–Trinajstić information content (AvgIpc) is 2.93. The van der Waals surface area contributed by atoms with Crippen LogP contribution in [-0.4, -0.2) is 68.8 Å². The van der Waals surface area contributed by atoms with Gasteiger partial charge in [-0.3, -0.25) is 4.79 Å². The van der Waals surface area contributed by atoms with Crippen molar-refractivity contribution in [2.75, 3.05) is 56.9 Å². The Hall–Kier alpha value is -4.08. The second-order valence-electron chi connectivity index (χ2n) is 7.66. The Morgan fingerprint density at radius 1 is 0.639 bits per heavy atom. The van der Waals surface area contributed by atoms with Gasteiger partial charge in [0, 0.05) is 34.7 Å². The number of fused-ring (bicyclic) bond motifs is 1. The summed E-state index contributed by atoms with van der Waals surface area (Å²) in [5.74, 6) is -1.04. The first kappa shape index (κ1) is 26.5. The molecule has 2 aromatic rings. The number of hydrogen-bond donors (Lipinski definition) is 0. The van der Waals surface area contributed by atoms with E-state index in [0.29, 0.717) is 51.2 Å². The van der Waals surface area contributed by atoms with Crippen molar-refractivity contribution >= 4 is 18.0 Å². The van der Waals surface area contributed by atoms with Crippen molar-refractivity contribution < 1.29 is 47.5 Å². The Morgan fingerprint density at radius 2 is 1.19 bits per heavy atom. The largest absolute Gasteiger partial charge is 0.496 e. The summed E-state index contributed by atoms with van der Waals surface area (Å²) in [6, 6.07) is 4.97. The summed E-state index contributed by atoms with van der Waals surface area (Å²) in [4.78, 5) is 26.3. The average molecular weight is 503 g/mol. The van der Waals surface area contributed by atoms with Crippen molar-refractivity contribution in [1.82, 2.24) is 0 Å². The van der Waals surface area contributed by atoms with Gasteiger partial charge in [-0.15, -0.1) is 0 Å². The highest BCUT2D eigenvalue weighted by Gasteiger charge is 2.46. The van der Waals surface area contributed by atoms with E-state index in [1.54, 1.807) is 24.3 Å². The van der Waals surface area contributed by atoms with Gasteiger partial charge in [-0.25, -0.2) is 4.79 Å². The molecule has 0 N–H and O–H groups in total. The molecule has 3 rings (SSSR count). The van der Waals surface area contributed by atoms with Crippen molar-refractivity contribution in [2.45, 2.75) is 5.92 Å². The van der Waals surface area contributed by atoms with Crippen LogP contribution in [0.2, 0.25) is 0 Å². The van der Waals surface area contributed by atoms with E-state index in [0.717, 1.165) is 0 Å². The summed E-state index contributed by atoms with van der Waals surface area (Å²) in [7, 11) is 11.4. The molecule has 0 spiro atoms. The van der Waals surface area contributed by atoms with Gasteiger partial charge in [-0.2, -0.15) is 0 Å². The van der Waals surface area contributed by atoms with Gasteiger partial charge in [0.25, 0.3) is 0 Å². The van der Waals surface area contributed by atoms with E-state index in [-0.39, 0.29) is 5.57 Å². The Kier molecular flexibility index (Phi) is 8.18. The fourth-order valence-electron chi connectivity index (χ4n) is 4.56. The van der Waals surface area contributed by atoms with Gasteiger partial charge in [-0.1, -0.05) is 0 Å². The van der Waals surface area contributed by atoms with Crippen LogP contribution in [0.4, 0.5) is 0 Å². The Balaban J connectivity index is 2.56. The molecule has 1 unspecified atom stereocenters. The van der Waals surface area contributed by atoms with Crippen molar-refractivity contribution in [2.24, 2.45) is 5.92 Å². The van der Waals surface area contributed by atoms with E-state index in [9.17, 15) is 9.59 Å². The molecule has 10 nitrogen and oxygen atoms in total. The maximum Gasteiger partial charge on any atom is 0.334 e. The van der Waals surface area contributed by atoms with Crippen LogP contribution in [-0.2, 0) is 19.1 Å². The zero-order valence-electron chi connectivity index (χ0n) is 21.5. The third-order valence-electron chi connectivity index (χ3n) is 6.16. The molecule has 0 amide bonds. The molecule has 36 heavy (non-hydrogen) atoms. The van der Waals surface area contributed by atoms with Gasteiger partial charge in [0.15, 0.2) is 23.0 Å². The summed E-state index contributed by atoms with van der Waals surface area (Å²) in [6.07, 6.45) is 1.55. The van der Waals surface area contributed by atoms with Gasteiger partial charge in [0.1, 0.15) is 17.4 Å². The SMILES string of the molecule is COC(=O)C1=Cc2c(OC)cc(OC)c(OC)c2[C@H](c2cc(OC)c(OC)cc2OC)C1C(=O)OC. The van der Waals surface area contributed by atoms with Crippen molar-refractivity contribution in [3.63, 3.8) is 0 Å². The van der Waals surface area contributed by atoms with E-state index < -0.39 is 23.8 Å². The number of rotatable bonds is 9. The first-order valence-corrected chi connectivity index (χ1v) is 10.9. The number of esters is 2. The second kappa shape index (κ2) is 11.1. The van der Waals surface area contributed by atoms with Crippen molar-refractivity contribution in [3.8, 4) is 34.5 Å². The first-order chi connectivity index (χ1) is 17.3. The molecule has 0 fully saturated rings. The molecule has 0 radical (unpaired) electrons. The molecule has 0 saturated carbocycles. The molecule has 0 saturated heterocycles. The Labute approximate surface area is 209 Å². The van der Waals surface area contributed by atoms with Gasteiger partial charge in [0.2, 0.25) is 0 Å². The summed E-state index contributed by atoms with van der Waals surface area (Å²) in [5.41, 5.74) is 1.62. The Bertz CT molecular complexity index is 1180. The molecule has 1 aliphatic rings. The summed E-state index contributed by atoms with van der Waals surface area (Å²) in [6.45, 7) is 0. The van der Waals surface area contributed by atoms with Crippen LogP contribution in [0.3, 0.4) is 0 Å². The zero-order chi connectivity index (χ0) is 26.6. The molecular formula is C26H30O10. The van der Waals surface area contributed by atoms with E-state index in [4.69, 9.17) is 37.9 Å². The molecule has 194 valence electrons. The molecule has 0 heterocycles. The first-order valence-electron chi connectivity index (χ1n) is 10.9. The lowest BCUT2D eigenvalue weighted by molar-refractivity contribution is -0.147. The minimum absolute atomic E-state index is 0.0733. The van der Waals surface area contributed by atoms with E-state index in [1.807, 2.05) is 0 Å². The van der Waals surface area contributed by atoms with Crippen molar-refractivity contribution in [1.29, 1.82) is 0 Å². The Morgan fingerprint density at radius 3 is 1.69 bits per heavy atom. The predicted molar refractivity (Wildman–Crippen MR) is 130 cm³/mol. The minimum atomic E-state index is -1.13. The fraction of sp³-hybridized carbons (Fsp3) is 0.385. The molecule has 1 aliphatic carbocycles. The van der Waals surface area contributed by atoms with Gasteiger partial charge in [0.05, 0.1) is 62.5 Å². The third kappa shape index (κ3) is 4.34. The number of benzene rings is 2. The lowest BCUT2D eigenvalue weighted by Gasteiger charge is -2.35. The maximum atomic E-state index is 13.3. The van der Waals surface area contributed by atoms with E-state index >= 15 is 0 Å². The van der Waals surface area contributed by atoms with Gasteiger partial charge < -0.3 is 37.9 Å². The highest BCUT2D eigenvalue weighted by atomic mass is 16.5. The maximum absolute atomic E-state index is 13.3. The number of hydrogen-bond acceptors (Lipinski definition) is 10. The summed E-state index contributed by atoms with van der Waals surface area (Å²) < 4.78 is 43.8. The minimum Gasteiger partial charge on any atom is -0.496 e. The highest BCUT2D eigenvalue weighted by Crippen LogP contribution is 2.55. The van der Waals surface area contributed by atoms with Crippen LogP contribution in [0.25, 0.3) is 6.08 Å². The van der Waals surface area contributed by atoms with Crippen LogP contribution in [0.15, 0.2) is 23.8 Å². The van der Waals surface area contributed by atoms with Crippen LogP contribution < -0.4 is 28.4 Å². The van der Waals surface area contributed by atoms with Crippen LogP contribution in [0, 0.1) is 5.92 Å². The van der Waals surface area contributed by atoms with Crippen LogP contribution in [0.5, 0.6) is 34.5 Å². The highest BCUT2D eigenvalue weighted by molar-refractivity contribution is 6.03. The molecule has 0 bridgehead atoms. The molecule has 0 aromatic heterocycles. The van der Waals surface area contributed by atoms with Gasteiger partial charge >= 0.3 is 11.9 Å². The van der Waals surface area contributed by atoms with Crippen LogP contribution >= 0.6 is 0 Å². The quantitative estimate of drug-likeness (QED) is 0.474. The van der Waals surface area contributed by atoms with E-state index in [1.165, 1.54) is 56.9 Å². The lowest BCUT2D eigenvalue weighted by atomic mass is 9.70. The summed E-state index contributed by atoms with van der Waals surface area (Å²) in [5, 5.41) is 0.